The summed E-state index contributed by atoms with van der Waals surface area (Å²) in [5, 5.41) is 0. The summed E-state index contributed by atoms with van der Waals surface area (Å²) in [6, 6.07) is 4.57. The lowest BCUT2D eigenvalue weighted by atomic mass is 10.1. The molecule has 0 bridgehead atoms. The minimum Gasteiger partial charge on any atom is -0.380 e. The molecule has 0 saturated carbocycles. The van der Waals surface area contributed by atoms with Gasteiger partial charge in [-0.3, -0.25) is 4.79 Å². The summed E-state index contributed by atoms with van der Waals surface area (Å²) in [7, 11) is 0. The monoisotopic (exact) mass is 223 g/mol. The second-order valence-corrected chi connectivity index (χ2v) is 3.75. The van der Waals surface area contributed by atoms with E-state index in [1.165, 1.54) is 6.07 Å². The van der Waals surface area contributed by atoms with Crippen molar-refractivity contribution in [3.8, 4) is 0 Å². The standard InChI is InChI=1S/C12H14FNO2/c13-11-4-1-3-10(9-15)12(11)14-5-2-7-16-8-6-14/h1,3-4,9H,2,5-8H2. The Hall–Kier alpha value is -1.42. The van der Waals surface area contributed by atoms with E-state index in [1.54, 1.807) is 12.1 Å². The van der Waals surface area contributed by atoms with Crippen molar-refractivity contribution in [2.45, 2.75) is 6.42 Å². The van der Waals surface area contributed by atoms with Crippen molar-refractivity contribution < 1.29 is 13.9 Å². The van der Waals surface area contributed by atoms with Gasteiger partial charge in [-0.25, -0.2) is 4.39 Å². The molecule has 0 atom stereocenters. The van der Waals surface area contributed by atoms with Crippen molar-refractivity contribution in [3.05, 3.63) is 29.6 Å². The van der Waals surface area contributed by atoms with Crippen molar-refractivity contribution in [3.63, 3.8) is 0 Å². The number of benzene rings is 1. The molecule has 0 N–H and O–H groups in total. The van der Waals surface area contributed by atoms with Crippen LogP contribution in [0.1, 0.15) is 16.8 Å². The minimum atomic E-state index is -0.341. The van der Waals surface area contributed by atoms with Crippen LogP contribution in [0, 0.1) is 5.82 Å². The summed E-state index contributed by atoms with van der Waals surface area (Å²) >= 11 is 0. The van der Waals surface area contributed by atoms with Gasteiger partial charge in [0.05, 0.1) is 12.3 Å². The zero-order valence-electron chi connectivity index (χ0n) is 8.99. The molecule has 1 aromatic carbocycles. The maximum Gasteiger partial charge on any atom is 0.152 e. The Labute approximate surface area is 93.8 Å². The Morgan fingerprint density at radius 3 is 3.00 bits per heavy atom. The first-order chi connectivity index (χ1) is 7.83. The SMILES string of the molecule is O=Cc1cccc(F)c1N1CCCOCC1. The number of carbonyl (C=O) groups is 1. The molecule has 16 heavy (non-hydrogen) atoms. The van der Waals surface area contributed by atoms with Crippen molar-refractivity contribution in [2.24, 2.45) is 0 Å². The Kier molecular flexibility index (Phi) is 3.51. The third-order valence-corrected chi connectivity index (χ3v) is 2.68. The lowest BCUT2D eigenvalue weighted by Gasteiger charge is -2.23. The van der Waals surface area contributed by atoms with Crippen LogP contribution >= 0.6 is 0 Å². The predicted octanol–water partition coefficient (Wildman–Crippen LogP) is 1.86. The number of nitrogens with zero attached hydrogens (tertiary/aromatic N) is 1. The topological polar surface area (TPSA) is 29.5 Å². The van der Waals surface area contributed by atoms with Crippen molar-refractivity contribution in [1.82, 2.24) is 0 Å². The first-order valence-electron chi connectivity index (χ1n) is 5.39. The number of hydrogen-bond donors (Lipinski definition) is 0. The van der Waals surface area contributed by atoms with E-state index in [1.807, 2.05) is 4.90 Å². The fourth-order valence-corrected chi connectivity index (χ4v) is 1.93. The van der Waals surface area contributed by atoms with E-state index in [4.69, 9.17) is 4.74 Å². The van der Waals surface area contributed by atoms with Crippen LogP contribution in [0.15, 0.2) is 18.2 Å². The van der Waals surface area contributed by atoms with Gasteiger partial charge in [-0.1, -0.05) is 6.07 Å². The minimum absolute atomic E-state index is 0.341. The molecule has 1 aliphatic heterocycles. The molecule has 86 valence electrons. The third kappa shape index (κ3) is 2.22. The number of carbonyl (C=O) groups excluding carboxylic acids is 1. The fourth-order valence-electron chi connectivity index (χ4n) is 1.93. The highest BCUT2D eigenvalue weighted by Crippen LogP contribution is 2.24. The van der Waals surface area contributed by atoms with Gasteiger partial charge < -0.3 is 9.64 Å². The zero-order chi connectivity index (χ0) is 11.4. The Morgan fingerprint density at radius 1 is 1.31 bits per heavy atom. The maximum absolute atomic E-state index is 13.7. The van der Waals surface area contributed by atoms with Crippen LogP contribution in [0.3, 0.4) is 0 Å². The van der Waals surface area contributed by atoms with E-state index in [0.29, 0.717) is 37.3 Å². The predicted molar refractivity (Wildman–Crippen MR) is 59.4 cm³/mol. The van der Waals surface area contributed by atoms with Crippen LogP contribution in [0.5, 0.6) is 0 Å². The summed E-state index contributed by atoms with van der Waals surface area (Å²) in [5.41, 5.74) is 0.810. The van der Waals surface area contributed by atoms with Crippen molar-refractivity contribution in [1.29, 1.82) is 0 Å². The lowest BCUT2D eigenvalue weighted by molar-refractivity contribution is 0.112. The Bertz CT molecular complexity index is 373. The molecule has 4 heteroatoms. The summed E-state index contributed by atoms with van der Waals surface area (Å²) in [5.74, 6) is -0.341. The second kappa shape index (κ2) is 5.07. The molecule has 1 saturated heterocycles. The van der Waals surface area contributed by atoms with Gasteiger partial charge >= 0.3 is 0 Å². The summed E-state index contributed by atoms with van der Waals surface area (Å²) < 4.78 is 19.0. The van der Waals surface area contributed by atoms with Crippen LogP contribution in [0.4, 0.5) is 10.1 Å². The normalized spacial score (nSPS) is 16.9. The smallest absolute Gasteiger partial charge is 0.152 e. The van der Waals surface area contributed by atoms with Crippen LogP contribution in [-0.4, -0.2) is 32.6 Å². The molecule has 1 heterocycles. The molecule has 0 unspecified atom stereocenters. The lowest BCUT2D eigenvalue weighted by Crippen LogP contribution is -2.27. The average molecular weight is 223 g/mol. The van der Waals surface area contributed by atoms with Gasteiger partial charge in [0, 0.05) is 25.3 Å². The number of halogens is 1. The molecule has 2 rings (SSSR count). The molecule has 0 amide bonds. The van der Waals surface area contributed by atoms with Crippen LogP contribution < -0.4 is 4.90 Å². The molecule has 0 aliphatic carbocycles. The Balaban J connectivity index is 2.33. The first-order valence-corrected chi connectivity index (χ1v) is 5.39. The summed E-state index contributed by atoms with van der Waals surface area (Å²) in [6.45, 7) is 2.62. The van der Waals surface area contributed by atoms with Crippen molar-refractivity contribution in [2.75, 3.05) is 31.2 Å². The highest BCUT2D eigenvalue weighted by molar-refractivity contribution is 5.84. The second-order valence-electron chi connectivity index (χ2n) is 3.75. The molecule has 3 nitrogen and oxygen atoms in total. The Morgan fingerprint density at radius 2 is 2.19 bits per heavy atom. The van der Waals surface area contributed by atoms with E-state index < -0.39 is 0 Å². The number of anilines is 1. The highest BCUT2D eigenvalue weighted by Gasteiger charge is 2.17. The molecule has 1 aromatic rings. The van der Waals surface area contributed by atoms with Gasteiger partial charge in [0.15, 0.2) is 6.29 Å². The molecule has 0 aromatic heterocycles. The number of para-hydroxylation sites is 1. The van der Waals surface area contributed by atoms with E-state index in [0.717, 1.165) is 13.0 Å². The summed E-state index contributed by atoms with van der Waals surface area (Å²) in [4.78, 5) is 12.8. The largest absolute Gasteiger partial charge is 0.380 e. The van der Waals surface area contributed by atoms with Gasteiger partial charge in [-0.15, -0.1) is 0 Å². The third-order valence-electron chi connectivity index (χ3n) is 2.68. The summed E-state index contributed by atoms with van der Waals surface area (Å²) in [6.07, 6.45) is 1.55. The molecule has 0 radical (unpaired) electrons. The molecular formula is C12H14FNO2. The molecule has 1 aliphatic rings. The average Bonchev–Trinajstić information content (AvgIpc) is 2.57. The van der Waals surface area contributed by atoms with E-state index in [-0.39, 0.29) is 5.82 Å². The molecule has 1 fully saturated rings. The van der Waals surface area contributed by atoms with Gasteiger partial charge in [0.25, 0.3) is 0 Å². The van der Waals surface area contributed by atoms with Gasteiger partial charge in [0.2, 0.25) is 0 Å². The number of hydrogen-bond acceptors (Lipinski definition) is 3. The quantitative estimate of drug-likeness (QED) is 0.717. The van der Waals surface area contributed by atoms with Crippen LogP contribution in [0.2, 0.25) is 0 Å². The van der Waals surface area contributed by atoms with E-state index >= 15 is 0 Å². The number of rotatable bonds is 2. The van der Waals surface area contributed by atoms with Crippen molar-refractivity contribution >= 4 is 12.0 Å². The number of ether oxygens (including phenoxy) is 1. The maximum atomic E-state index is 13.7. The molecule has 0 spiro atoms. The van der Waals surface area contributed by atoms with Gasteiger partial charge in [-0.05, 0) is 18.6 Å². The fraction of sp³-hybridized carbons (Fsp3) is 0.417. The highest BCUT2D eigenvalue weighted by atomic mass is 19.1. The van der Waals surface area contributed by atoms with Crippen LogP contribution in [-0.2, 0) is 4.74 Å². The molecular weight excluding hydrogens is 209 g/mol. The number of aldehydes is 1. The van der Waals surface area contributed by atoms with E-state index in [9.17, 15) is 9.18 Å². The first kappa shape index (κ1) is 11.1. The van der Waals surface area contributed by atoms with Crippen LogP contribution in [0.25, 0.3) is 0 Å². The van der Waals surface area contributed by atoms with Gasteiger partial charge in [0.1, 0.15) is 5.82 Å². The van der Waals surface area contributed by atoms with Gasteiger partial charge in [-0.2, -0.15) is 0 Å². The van der Waals surface area contributed by atoms with E-state index in [2.05, 4.69) is 0 Å². The zero-order valence-corrected chi connectivity index (χ0v) is 8.99.